The molecular formula is C27H32N2O2. The standard InChI is InChI=1S/C27H32N2O2/c28-19-5-3-1-2-4-6-21-9-17-26(18-10-21)31-27(30)25-15-13-24(14-16-25)23-11-7-22(20-29)8-12-23/h1-3,5,7-8,11-12,21,24-26H,4,6,9-10,13-18H2/b2-1+,5-3?. The number of carbonyl (C=O) groups excluding carboxylic acids is 1. The fourth-order valence-electron chi connectivity index (χ4n) is 4.90. The third-order valence-electron chi connectivity index (χ3n) is 6.81. The Hall–Kier alpha value is -2.85. The van der Waals surface area contributed by atoms with Gasteiger partial charge in [0, 0.05) is 6.08 Å². The predicted octanol–water partition coefficient (Wildman–Crippen LogP) is 6.35. The van der Waals surface area contributed by atoms with E-state index < -0.39 is 0 Å². The van der Waals surface area contributed by atoms with Gasteiger partial charge in [-0.1, -0.05) is 30.4 Å². The molecule has 0 bridgehead atoms. The van der Waals surface area contributed by atoms with Crippen molar-refractivity contribution in [2.75, 3.05) is 0 Å². The Morgan fingerprint density at radius 1 is 0.968 bits per heavy atom. The molecule has 4 nitrogen and oxygen atoms in total. The fourth-order valence-corrected chi connectivity index (χ4v) is 4.90. The van der Waals surface area contributed by atoms with Gasteiger partial charge in [0.1, 0.15) is 6.10 Å². The van der Waals surface area contributed by atoms with E-state index in [1.54, 1.807) is 6.08 Å². The van der Waals surface area contributed by atoms with Crippen molar-refractivity contribution in [3.05, 3.63) is 59.7 Å². The van der Waals surface area contributed by atoms with E-state index in [9.17, 15) is 4.79 Å². The summed E-state index contributed by atoms with van der Waals surface area (Å²) in [5.41, 5.74) is 1.97. The van der Waals surface area contributed by atoms with Crippen LogP contribution in [0.1, 0.15) is 81.3 Å². The quantitative estimate of drug-likeness (QED) is 0.295. The van der Waals surface area contributed by atoms with Crippen LogP contribution in [0, 0.1) is 34.5 Å². The van der Waals surface area contributed by atoms with Crippen LogP contribution >= 0.6 is 0 Å². The number of nitrogens with zero attached hydrogens (tertiary/aromatic N) is 2. The Morgan fingerprint density at radius 3 is 2.32 bits per heavy atom. The molecule has 0 unspecified atom stereocenters. The molecule has 0 atom stereocenters. The molecule has 4 heteroatoms. The number of hydrogen-bond donors (Lipinski definition) is 0. The number of rotatable bonds is 7. The number of esters is 1. The molecule has 31 heavy (non-hydrogen) atoms. The first kappa shape index (κ1) is 22.8. The van der Waals surface area contributed by atoms with Crippen molar-refractivity contribution in [2.45, 2.75) is 76.2 Å². The smallest absolute Gasteiger partial charge is 0.309 e. The Bertz CT molecular complexity index is 841. The molecule has 0 spiro atoms. The first-order chi connectivity index (χ1) is 15.2. The van der Waals surface area contributed by atoms with Gasteiger partial charge in [-0.05, 0) is 93.7 Å². The third kappa shape index (κ3) is 7.11. The summed E-state index contributed by atoms with van der Waals surface area (Å²) in [5, 5.41) is 17.4. The normalized spacial score (nSPS) is 26.4. The van der Waals surface area contributed by atoms with E-state index in [-0.39, 0.29) is 18.0 Å². The summed E-state index contributed by atoms with van der Waals surface area (Å²) >= 11 is 0. The molecule has 2 aliphatic rings. The monoisotopic (exact) mass is 416 g/mol. The summed E-state index contributed by atoms with van der Waals surface area (Å²) in [6.45, 7) is 0. The molecule has 2 fully saturated rings. The van der Waals surface area contributed by atoms with E-state index in [0.717, 1.165) is 64.2 Å². The Morgan fingerprint density at radius 2 is 1.68 bits per heavy atom. The van der Waals surface area contributed by atoms with Crippen molar-refractivity contribution >= 4 is 5.97 Å². The van der Waals surface area contributed by atoms with Crippen molar-refractivity contribution in [1.29, 1.82) is 10.5 Å². The fraction of sp³-hybridized carbons (Fsp3) is 0.519. The topological polar surface area (TPSA) is 73.9 Å². The van der Waals surface area contributed by atoms with Crippen molar-refractivity contribution in [2.24, 2.45) is 11.8 Å². The van der Waals surface area contributed by atoms with Gasteiger partial charge in [0.05, 0.1) is 23.6 Å². The highest BCUT2D eigenvalue weighted by atomic mass is 16.5. The van der Waals surface area contributed by atoms with Crippen LogP contribution in [0.25, 0.3) is 0 Å². The van der Waals surface area contributed by atoms with E-state index >= 15 is 0 Å². The lowest BCUT2D eigenvalue weighted by molar-refractivity contribution is -0.157. The van der Waals surface area contributed by atoms with Gasteiger partial charge in [0.2, 0.25) is 0 Å². The maximum atomic E-state index is 12.7. The number of ether oxygens (including phenoxy) is 1. The Labute approximate surface area is 186 Å². The third-order valence-corrected chi connectivity index (χ3v) is 6.81. The summed E-state index contributed by atoms with van der Waals surface area (Å²) in [4.78, 5) is 12.7. The maximum Gasteiger partial charge on any atom is 0.309 e. The highest BCUT2D eigenvalue weighted by Crippen LogP contribution is 2.37. The molecule has 1 aromatic rings. The second-order valence-electron chi connectivity index (χ2n) is 8.86. The van der Waals surface area contributed by atoms with Crippen LogP contribution in [-0.4, -0.2) is 12.1 Å². The number of carbonyl (C=O) groups is 1. The van der Waals surface area contributed by atoms with Crippen LogP contribution in [0.4, 0.5) is 0 Å². The van der Waals surface area contributed by atoms with Crippen molar-refractivity contribution in [3.63, 3.8) is 0 Å². The lowest BCUT2D eigenvalue weighted by atomic mass is 9.78. The summed E-state index contributed by atoms with van der Waals surface area (Å²) in [6.07, 6.45) is 17.6. The molecule has 2 saturated carbocycles. The zero-order valence-electron chi connectivity index (χ0n) is 18.2. The van der Waals surface area contributed by atoms with E-state index in [2.05, 4.69) is 24.3 Å². The van der Waals surface area contributed by atoms with E-state index in [1.165, 1.54) is 11.6 Å². The minimum Gasteiger partial charge on any atom is -0.462 e. The van der Waals surface area contributed by atoms with Crippen LogP contribution in [0.5, 0.6) is 0 Å². The van der Waals surface area contributed by atoms with E-state index in [4.69, 9.17) is 15.3 Å². The van der Waals surface area contributed by atoms with Crippen LogP contribution in [-0.2, 0) is 9.53 Å². The van der Waals surface area contributed by atoms with Crippen LogP contribution in [0.15, 0.2) is 48.6 Å². The minimum atomic E-state index is 0.00828. The lowest BCUT2D eigenvalue weighted by Crippen LogP contribution is -2.29. The summed E-state index contributed by atoms with van der Waals surface area (Å²) < 4.78 is 5.89. The van der Waals surface area contributed by atoms with Gasteiger partial charge in [-0.25, -0.2) is 0 Å². The second kappa shape index (κ2) is 12.1. The Balaban J connectivity index is 1.34. The van der Waals surface area contributed by atoms with Crippen LogP contribution in [0.2, 0.25) is 0 Å². The second-order valence-corrected chi connectivity index (χ2v) is 8.86. The highest BCUT2D eigenvalue weighted by molar-refractivity contribution is 5.72. The van der Waals surface area contributed by atoms with Gasteiger partial charge in [-0.2, -0.15) is 10.5 Å². The summed E-state index contributed by atoms with van der Waals surface area (Å²) in [6, 6.07) is 12.0. The largest absolute Gasteiger partial charge is 0.462 e. The predicted molar refractivity (Wildman–Crippen MR) is 121 cm³/mol. The molecule has 0 aromatic heterocycles. The summed E-state index contributed by atoms with van der Waals surface area (Å²) in [5.74, 6) is 1.24. The molecule has 162 valence electrons. The van der Waals surface area contributed by atoms with Gasteiger partial charge >= 0.3 is 5.97 Å². The zero-order valence-corrected chi connectivity index (χ0v) is 18.2. The van der Waals surface area contributed by atoms with Gasteiger partial charge in [0.15, 0.2) is 0 Å². The molecule has 0 N–H and O–H groups in total. The number of nitriles is 2. The molecule has 2 aliphatic carbocycles. The molecule has 0 saturated heterocycles. The van der Waals surface area contributed by atoms with Crippen LogP contribution < -0.4 is 0 Å². The molecule has 0 amide bonds. The van der Waals surface area contributed by atoms with Crippen molar-refractivity contribution < 1.29 is 9.53 Å². The first-order valence-electron chi connectivity index (χ1n) is 11.6. The molecule has 3 rings (SSSR count). The zero-order chi connectivity index (χ0) is 21.9. The average molecular weight is 417 g/mol. The lowest BCUT2D eigenvalue weighted by Gasteiger charge is -2.31. The minimum absolute atomic E-state index is 0.00828. The summed E-state index contributed by atoms with van der Waals surface area (Å²) in [7, 11) is 0. The maximum absolute atomic E-state index is 12.7. The average Bonchev–Trinajstić information content (AvgIpc) is 2.82. The molecule has 1 aromatic carbocycles. The van der Waals surface area contributed by atoms with Gasteiger partial charge < -0.3 is 4.74 Å². The molecule has 0 radical (unpaired) electrons. The number of hydrogen-bond acceptors (Lipinski definition) is 4. The first-order valence-corrected chi connectivity index (χ1v) is 11.6. The van der Waals surface area contributed by atoms with Crippen molar-refractivity contribution in [1.82, 2.24) is 0 Å². The van der Waals surface area contributed by atoms with Gasteiger partial charge in [-0.15, -0.1) is 0 Å². The molecule has 0 aliphatic heterocycles. The number of allylic oxidation sites excluding steroid dienone is 4. The van der Waals surface area contributed by atoms with Gasteiger partial charge in [0.25, 0.3) is 0 Å². The number of benzene rings is 1. The van der Waals surface area contributed by atoms with E-state index in [0.29, 0.717) is 17.4 Å². The Kier molecular flexibility index (Phi) is 8.92. The van der Waals surface area contributed by atoms with Crippen LogP contribution in [0.3, 0.4) is 0 Å². The highest BCUT2D eigenvalue weighted by Gasteiger charge is 2.31. The van der Waals surface area contributed by atoms with Gasteiger partial charge in [-0.3, -0.25) is 4.79 Å². The molecule has 0 heterocycles. The van der Waals surface area contributed by atoms with Crippen molar-refractivity contribution in [3.8, 4) is 12.1 Å². The molecular weight excluding hydrogens is 384 g/mol. The SMILES string of the molecule is N#CC=C/C=C/CCC1CCC(OC(=O)C2CCC(c3ccc(C#N)cc3)CC2)CC1. The van der Waals surface area contributed by atoms with E-state index in [1.807, 2.05) is 24.3 Å².